The number of rotatable bonds is 10. The van der Waals surface area contributed by atoms with E-state index in [0.29, 0.717) is 0 Å². The molecule has 0 aromatic heterocycles. The highest BCUT2D eigenvalue weighted by Crippen LogP contribution is 2.07. The number of hydrogen-bond donors (Lipinski definition) is 2. The highest BCUT2D eigenvalue weighted by atomic mass is 16.7. The third-order valence-electron chi connectivity index (χ3n) is 2.24. The van der Waals surface area contributed by atoms with Crippen molar-refractivity contribution in [2.24, 2.45) is 0 Å². The Morgan fingerprint density at radius 2 is 0.941 bits per heavy atom. The zero-order valence-electron chi connectivity index (χ0n) is 9.89. The van der Waals surface area contributed by atoms with Gasteiger partial charge < -0.3 is 19.7 Å². The Labute approximate surface area is 101 Å². The molecule has 0 aromatic carbocycles. The van der Waals surface area contributed by atoms with Crippen LogP contribution in [0.1, 0.15) is 44.9 Å². The van der Waals surface area contributed by atoms with Crippen molar-refractivity contribution in [2.45, 2.75) is 44.9 Å². The minimum Gasteiger partial charge on any atom is -0.450 e. The molecule has 0 heterocycles. The predicted octanol–water partition coefficient (Wildman–Crippen LogP) is 3.11. The molecule has 17 heavy (non-hydrogen) atoms. The Morgan fingerprint density at radius 3 is 1.24 bits per heavy atom. The van der Waals surface area contributed by atoms with E-state index in [1.807, 2.05) is 0 Å². The van der Waals surface area contributed by atoms with Crippen molar-refractivity contribution in [3.8, 4) is 0 Å². The monoisotopic (exact) mass is 248 g/mol. The Bertz CT molecular complexity index is 194. The summed E-state index contributed by atoms with van der Waals surface area (Å²) in [6.45, 7) is 0.531. The summed E-state index contributed by atoms with van der Waals surface area (Å²) in [5, 5.41) is 16.4. The molecule has 0 bridgehead atoms. The van der Waals surface area contributed by atoms with Crippen molar-refractivity contribution in [1.29, 1.82) is 0 Å². The van der Waals surface area contributed by atoms with Crippen LogP contribution >= 0.6 is 0 Å². The Balaban J connectivity index is 2.98. The molecule has 0 atom stereocenters. The molecule has 0 unspecified atom stereocenters. The number of ether oxygens (including phenoxy) is 2. The second-order valence-corrected chi connectivity index (χ2v) is 3.70. The van der Waals surface area contributed by atoms with Gasteiger partial charge in [0.2, 0.25) is 0 Å². The van der Waals surface area contributed by atoms with Gasteiger partial charge in [0.1, 0.15) is 0 Å². The van der Waals surface area contributed by atoms with Gasteiger partial charge in [-0.05, 0) is 12.8 Å². The van der Waals surface area contributed by atoms with E-state index in [-0.39, 0.29) is 13.2 Å². The summed E-state index contributed by atoms with van der Waals surface area (Å²) < 4.78 is 8.74. The second kappa shape index (κ2) is 11.0. The quantitative estimate of drug-likeness (QED) is 0.455. The molecular formula is C11H20O6. The van der Waals surface area contributed by atoms with Crippen molar-refractivity contribution in [2.75, 3.05) is 13.2 Å². The lowest BCUT2D eigenvalue weighted by molar-refractivity contribution is 0.0892. The first kappa shape index (κ1) is 15.5. The lowest BCUT2D eigenvalue weighted by Crippen LogP contribution is -2.01. The topological polar surface area (TPSA) is 93.1 Å². The Hall–Kier alpha value is -1.46. The first-order chi connectivity index (χ1) is 8.13. The third-order valence-corrected chi connectivity index (χ3v) is 2.24. The van der Waals surface area contributed by atoms with Crippen LogP contribution in [0.15, 0.2) is 0 Å². The summed E-state index contributed by atoms with van der Waals surface area (Å²) in [7, 11) is 0. The molecule has 0 saturated carbocycles. The van der Waals surface area contributed by atoms with Gasteiger partial charge >= 0.3 is 12.3 Å². The molecule has 0 rings (SSSR count). The molecule has 0 spiro atoms. The van der Waals surface area contributed by atoms with Gasteiger partial charge in [-0.2, -0.15) is 0 Å². The zero-order valence-corrected chi connectivity index (χ0v) is 9.89. The number of hydrogen-bond acceptors (Lipinski definition) is 4. The molecule has 0 aromatic rings. The van der Waals surface area contributed by atoms with Crippen LogP contribution in [-0.2, 0) is 9.47 Å². The fraction of sp³-hybridized carbons (Fsp3) is 0.818. The van der Waals surface area contributed by atoms with Gasteiger partial charge in [-0.25, -0.2) is 9.59 Å². The molecule has 0 aliphatic rings. The zero-order chi connectivity index (χ0) is 12.9. The molecule has 0 fully saturated rings. The molecule has 0 aliphatic heterocycles. The molecule has 2 N–H and O–H groups in total. The molecule has 0 saturated heterocycles. The van der Waals surface area contributed by atoms with Gasteiger partial charge in [-0.1, -0.05) is 32.1 Å². The third kappa shape index (κ3) is 14.5. The smallest absolute Gasteiger partial charge is 0.450 e. The molecule has 0 radical (unpaired) electrons. The van der Waals surface area contributed by atoms with E-state index < -0.39 is 12.3 Å². The highest BCUT2D eigenvalue weighted by Gasteiger charge is 1.97. The number of carbonyl (C=O) groups is 2. The fourth-order valence-electron chi connectivity index (χ4n) is 1.41. The molecule has 6 heteroatoms. The van der Waals surface area contributed by atoms with Crippen molar-refractivity contribution >= 4 is 12.3 Å². The Kier molecular flexibility index (Phi) is 10.1. The average molecular weight is 248 g/mol. The number of unbranched alkanes of at least 4 members (excludes halogenated alkanes) is 6. The van der Waals surface area contributed by atoms with Gasteiger partial charge in [0.05, 0.1) is 13.2 Å². The van der Waals surface area contributed by atoms with Gasteiger partial charge in [-0.3, -0.25) is 0 Å². The van der Waals surface area contributed by atoms with Gasteiger partial charge in [0.15, 0.2) is 0 Å². The van der Waals surface area contributed by atoms with Gasteiger partial charge in [-0.15, -0.1) is 0 Å². The molecule has 0 aliphatic carbocycles. The summed E-state index contributed by atoms with van der Waals surface area (Å²) in [6, 6.07) is 0. The van der Waals surface area contributed by atoms with E-state index in [4.69, 9.17) is 10.2 Å². The van der Waals surface area contributed by atoms with Crippen LogP contribution in [0.4, 0.5) is 9.59 Å². The first-order valence-electron chi connectivity index (χ1n) is 5.84. The molecule has 100 valence electrons. The lowest BCUT2D eigenvalue weighted by Gasteiger charge is -2.02. The van der Waals surface area contributed by atoms with Crippen LogP contribution < -0.4 is 0 Å². The fourth-order valence-corrected chi connectivity index (χ4v) is 1.41. The summed E-state index contributed by atoms with van der Waals surface area (Å²) in [5.41, 5.74) is 0. The van der Waals surface area contributed by atoms with E-state index in [0.717, 1.165) is 44.9 Å². The Morgan fingerprint density at radius 1 is 0.647 bits per heavy atom. The maximum absolute atomic E-state index is 10.0. The normalized spacial score (nSPS) is 9.88. The van der Waals surface area contributed by atoms with E-state index in [2.05, 4.69) is 9.47 Å². The maximum atomic E-state index is 10.0. The van der Waals surface area contributed by atoms with E-state index in [1.165, 1.54) is 0 Å². The van der Waals surface area contributed by atoms with Crippen LogP contribution in [0.2, 0.25) is 0 Å². The lowest BCUT2D eigenvalue weighted by atomic mass is 10.1. The largest absolute Gasteiger partial charge is 0.505 e. The predicted molar refractivity (Wildman–Crippen MR) is 60.3 cm³/mol. The average Bonchev–Trinajstić information content (AvgIpc) is 2.25. The maximum Gasteiger partial charge on any atom is 0.505 e. The van der Waals surface area contributed by atoms with Crippen LogP contribution in [0, 0.1) is 0 Å². The standard InChI is InChI=1S/C11H20O6/c12-10(13)16-8-6-4-2-1-3-5-7-9-17-11(14)15/h1-9H2,(H,12,13)(H,14,15). The van der Waals surface area contributed by atoms with Crippen LogP contribution in [0.5, 0.6) is 0 Å². The molecular weight excluding hydrogens is 228 g/mol. The van der Waals surface area contributed by atoms with E-state index in [1.54, 1.807) is 0 Å². The van der Waals surface area contributed by atoms with Crippen LogP contribution in [0.25, 0.3) is 0 Å². The van der Waals surface area contributed by atoms with Gasteiger partial charge in [0, 0.05) is 0 Å². The summed E-state index contributed by atoms with van der Waals surface area (Å²) in [6.07, 6.45) is 4.15. The summed E-state index contributed by atoms with van der Waals surface area (Å²) in [5.74, 6) is 0. The van der Waals surface area contributed by atoms with Gasteiger partial charge in [0.25, 0.3) is 0 Å². The van der Waals surface area contributed by atoms with Crippen molar-refractivity contribution < 1.29 is 29.3 Å². The van der Waals surface area contributed by atoms with Crippen LogP contribution in [-0.4, -0.2) is 35.7 Å². The van der Waals surface area contributed by atoms with E-state index in [9.17, 15) is 9.59 Å². The number of carboxylic acid groups (broad SMARTS) is 2. The molecule has 0 amide bonds. The van der Waals surface area contributed by atoms with Crippen molar-refractivity contribution in [3.63, 3.8) is 0 Å². The van der Waals surface area contributed by atoms with Crippen molar-refractivity contribution in [1.82, 2.24) is 0 Å². The minimum atomic E-state index is -1.22. The summed E-state index contributed by atoms with van der Waals surface area (Å²) >= 11 is 0. The first-order valence-corrected chi connectivity index (χ1v) is 5.84. The molecule has 6 nitrogen and oxygen atoms in total. The second-order valence-electron chi connectivity index (χ2n) is 3.70. The van der Waals surface area contributed by atoms with Crippen molar-refractivity contribution in [3.05, 3.63) is 0 Å². The highest BCUT2D eigenvalue weighted by molar-refractivity contribution is 5.56. The SMILES string of the molecule is O=C(O)OCCCCCCCCCOC(=O)O. The van der Waals surface area contributed by atoms with Crippen LogP contribution in [0.3, 0.4) is 0 Å². The van der Waals surface area contributed by atoms with E-state index >= 15 is 0 Å². The minimum absolute atomic E-state index is 0.266. The summed E-state index contributed by atoms with van der Waals surface area (Å²) in [4.78, 5) is 20.0.